The van der Waals surface area contributed by atoms with Gasteiger partial charge in [-0.15, -0.1) is 11.3 Å². The SMILES string of the molecule is COCCN(CCOC)C(=O)c1ccc(C(=O)Nc2ccccc2N)s1. The van der Waals surface area contributed by atoms with Gasteiger partial charge in [-0.1, -0.05) is 12.1 Å². The number of amides is 2. The second-order valence-electron chi connectivity index (χ2n) is 5.48. The topological polar surface area (TPSA) is 93.9 Å². The van der Waals surface area contributed by atoms with Crippen molar-refractivity contribution in [2.75, 3.05) is 51.6 Å². The average molecular weight is 377 g/mol. The van der Waals surface area contributed by atoms with Crippen molar-refractivity contribution >= 4 is 34.5 Å². The van der Waals surface area contributed by atoms with Gasteiger partial charge in [0.05, 0.1) is 34.3 Å². The lowest BCUT2D eigenvalue weighted by Gasteiger charge is -2.21. The largest absolute Gasteiger partial charge is 0.397 e. The standard InChI is InChI=1S/C18H23N3O4S/c1-24-11-9-21(10-12-25-2)18(23)16-8-7-15(26-16)17(22)20-14-6-4-3-5-13(14)19/h3-8H,9-12,19H2,1-2H3,(H,20,22). The van der Waals surface area contributed by atoms with Crippen molar-refractivity contribution in [2.45, 2.75) is 0 Å². The Balaban J connectivity index is 2.07. The van der Waals surface area contributed by atoms with Gasteiger partial charge in [0.15, 0.2) is 0 Å². The molecule has 0 aliphatic rings. The van der Waals surface area contributed by atoms with Gasteiger partial charge in [-0.05, 0) is 24.3 Å². The van der Waals surface area contributed by atoms with Crippen LogP contribution in [0.25, 0.3) is 0 Å². The molecule has 3 N–H and O–H groups in total. The lowest BCUT2D eigenvalue weighted by Crippen LogP contribution is -2.36. The van der Waals surface area contributed by atoms with E-state index in [1.54, 1.807) is 55.5 Å². The second-order valence-corrected chi connectivity index (χ2v) is 6.57. The first kappa shape index (κ1) is 19.9. The maximum Gasteiger partial charge on any atom is 0.265 e. The third kappa shape index (κ3) is 5.29. The van der Waals surface area contributed by atoms with Crippen molar-refractivity contribution in [1.82, 2.24) is 4.90 Å². The Kier molecular flexibility index (Phi) is 7.58. The van der Waals surface area contributed by atoms with Crippen LogP contribution in [0, 0.1) is 0 Å². The molecule has 0 unspecified atom stereocenters. The summed E-state index contributed by atoms with van der Waals surface area (Å²) in [6.07, 6.45) is 0. The number of rotatable bonds is 9. The number of para-hydroxylation sites is 2. The van der Waals surface area contributed by atoms with Crippen molar-refractivity contribution in [1.29, 1.82) is 0 Å². The van der Waals surface area contributed by atoms with E-state index in [0.29, 0.717) is 47.4 Å². The monoisotopic (exact) mass is 377 g/mol. The smallest absolute Gasteiger partial charge is 0.265 e. The van der Waals surface area contributed by atoms with Crippen LogP contribution in [0.2, 0.25) is 0 Å². The third-order valence-corrected chi connectivity index (χ3v) is 4.74. The number of carbonyl (C=O) groups excluding carboxylic acids is 2. The van der Waals surface area contributed by atoms with Gasteiger partial charge in [0.1, 0.15) is 0 Å². The van der Waals surface area contributed by atoms with E-state index in [9.17, 15) is 9.59 Å². The van der Waals surface area contributed by atoms with E-state index in [-0.39, 0.29) is 11.8 Å². The van der Waals surface area contributed by atoms with Crippen molar-refractivity contribution in [3.05, 3.63) is 46.2 Å². The molecule has 0 aliphatic carbocycles. The zero-order chi connectivity index (χ0) is 18.9. The Morgan fingerprint density at radius 2 is 1.65 bits per heavy atom. The summed E-state index contributed by atoms with van der Waals surface area (Å²) in [5.41, 5.74) is 6.86. The molecule has 1 aromatic heterocycles. The number of nitrogen functional groups attached to an aromatic ring is 1. The van der Waals surface area contributed by atoms with Gasteiger partial charge < -0.3 is 25.4 Å². The van der Waals surface area contributed by atoms with Gasteiger partial charge in [-0.3, -0.25) is 9.59 Å². The van der Waals surface area contributed by atoms with E-state index in [4.69, 9.17) is 15.2 Å². The number of nitrogens with two attached hydrogens (primary N) is 1. The number of methoxy groups -OCH3 is 2. The fraction of sp³-hybridized carbons (Fsp3) is 0.333. The third-order valence-electron chi connectivity index (χ3n) is 3.67. The normalized spacial score (nSPS) is 10.5. The predicted octanol–water partition coefficient (Wildman–Crippen LogP) is 2.32. The molecule has 2 rings (SSSR count). The maximum atomic E-state index is 12.7. The Bertz CT molecular complexity index is 740. The highest BCUT2D eigenvalue weighted by Gasteiger charge is 2.19. The molecule has 0 bridgehead atoms. The molecule has 2 aromatic rings. The molecular formula is C18H23N3O4S. The zero-order valence-corrected chi connectivity index (χ0v) is 15.7. The lowest BCUT2D eigenvalue weighted by molar-refractivity contribution is 0.0632. The summed E-state index contributed by atoms with van der Waals surface area (Å²) in [6.45, 7) is 1.78. The number of hydrogen-bond acceptors (Lipinski definition) is 6. The van der Waals surface area contributed by atoms with E-state index in [0.717, 1.165) is 11.3 Å². The van der Waals surface area contributed by atoms with Crippen LogP contribution in [0.15, 0.2) is 36.4 Å². The van der Waals surface area contributed by atoms with Crippen molar-refractivity contribution in [3.8, 4) is 0 Å². The Hall–Kier alpha value is -2.42. The van der Waals surface area contributed by atoms with Crippen LogP contribution in [0.1, 0.15) is 19.3 Å². The van der Waals surface area contributed by atoms with Crippen molar-refractivity contribution in [2.24, 2.45) is 0 Å². The minimum absolute atomic E-state index is 0.151. The van der Waals surface area contributed by atoms with Crippen LogP contribution in [0.3, 0.4) is 0 Å². The summed E-state index contributed by atoms with van der Waals surface area (Å²) >= 11 is 1.14. The molecule has 0 saturated heterocycles. The molecule has 0 aliphatic heterocycles. The lowest BCUT2D eigenvalue weighted by atomic mass is 10.2. The van der Waals surface area contributed by atoms with Crippen LogP contribution in [-0.2, 0) is 9.47 Å². The molecule has 8 heteroatoms. The van der Waals surface area contributed by atoms with Gasteiger partial charge in [0.25, 0.3) is 11.8 Å². The van der Waals surface area contributed by atoms with Crippen LogP contribution in [0.5, 0.6) is 0 Å². The average Bonchev–Trinajstić information content (AvgIpc) is 3.13. The molecule has 0 fully saturated rings. The van der Waals surface area contributed by atoms with Crippen LogP contribution in [0.4, 0.5) is 11.4 Å². The summed E-state index contributed by atoms with van der Waals surface area (Å²) in [7, 11) is 3.17. The van der Waals surface area contributed by atoms with Gasteiger partial charge in [0, 0.05) is 27.3 Å². The number of benzene rings is 1. The quantitative estimate of drug-likeness (QED) is 0.654. The van der Waals surface area contributed by atoms with Gasteiger partial charge in [-0.2, -0.15) is 0 Å². The Morgan fingerprint density at radius 1 is 1.04 bits per heavy atom. The molecular weight excluding hydrogens is 354 g/mol. The zero-order valence-electron chi connectivity index (χ0n) is 14.9. The summed E-state index contributed by atoms with van der Waals surface area (Å²) < 4.78 is 10.1. The number of nitrogens with one attached hydrogen (secondary N) is 1. The summed E-state index contributed by atoms with van der Waals surface area (Å²) in [5.74, 6) is -0.449. The fourth-order valence-electron chi connectivity index (χ4n) is 2.24. The number of ether oxygens (including phenoxy) is 2. The van der Waals surface area contributed by atoms with Gasteiger partial charge in [0.2, 0.25) is 0 Å². The van der Waals surface area contributed by atoms with Crippen molar-refractivity contribution < 1.29 is 19.1 Å². The molecule has 140 valence electrons. The first-order valence-corrected chi connectivity index (χ1v) is 8.91. The molecule has 1 heterocycles. The molecule has 0 spiro atoms. The Morgan fingerprint density at radius 3 is 2.27 bits per heavy atom. The van der Waals surface area contributed by atoms with Crippen molar-refractivity contribution in [3.63, 3.8) is 0 Å². The molecule has 0 saturated carbocycles. The predicted molar refractivity (Wildman–Crippen MR) is 103 cm³/mol. The molecule has 0 radical (unpaired) electrons. The molecule has 1 aromatic carbocycles. The van der Waals surface area contributed by atoms with E-state index in [1.165, 1.54) is 0 Å². The van der Waals surface area contributed by atoms with E-state index in [2.05, 4.69) is 5.32 Å². The van der Waals surface area contributed by atoms with Gasteiger partial charge in [-0.25, -0.2) is 0 Å². The fourth-order valence-corrected chi connectivity index (χ4v) is 3.11. The van der Waals surface area contributed by atoms with E-state index < -0.39 is 0 Å². The maximum absolute atomic E-state index is 12.7. The first-order valence-electron chi connectivity index (χ1n) is 8.09. The first-order chi connectivity index (χ1) is 12.6. The molecule has 2 amide bonds. The Labute approximate surface area is 156 Å². The summed E-state index contributed by atoms with van der Waals surface area (Å²) in [5, 5.41) is 2.76. The van der Waals surface area contributed by atoms with E-state index >= 15 is 0 Å². The number of anilines is 2. The van der Waals surface area contributed by atoms with Crippen LogP contribution in [-0.4, -0.2) is 57.2 Å². The number of nitrogens with zero attached hydrogens (tertiary/aromatic N) is 1. The molecule has 0 atom stereocenters. The highest BCUT2D eigenvalue weighted by molar-refractivity contribution is 7.16. The molecule has 26 heavy (non-hydrogen) atoms. The number of carbonyl (C=O) groups is 2. The van der Waals surface area contributed by atoms with Crippen LogP contribution >= 0.6 is 11.3 Å². The minimum atomic E-state index is -0.299. The molecule has 7 nitrogen and oxygen atoms in total. The highest BCUT2D eigenvalue weighted by atomic mass is 32.1. The number of thiophene rings is 1. The minimum Gasteiger partial charge on any atom is -0.397 e. The number of hydrogen-bond donors (Lipinski definition) is 2. The van der Waals surface area contributed by atoms with Crippen LogP contribution < -0.4 is 11.1 Å². The second kappa shape index (κ2) is 9.91. The summed E-state index contributed by atoms with van der Waals surface area (Å²) in [4.78, 5) is 27.7. The van der Waals surface area contributed by atoms with Gasteiger partial charge >= 0.3 is 0 Å². The van der Waals surface area contributed by atoms with E-state index in [1.807, 2.05) is 0 Å². The highest BCUT2D eigenvalue weighted by Crippen LogP contribution is 2.22. The summed E-state index contributed by atoms with van der Waals surface area (Å²) in [6, 6.07) is 10.3.